The summed E-state index contributed by atoms with van der Waals surface area (Å²) in [5.41, 5.74) is 1.56. The number of amides is 1. The number of halogens is 2. The second kappa shape index (κ2) is 13.9. The quantitative estimate of drug-likeness (QED) is 0.273. The molecule has 0 aliphatic carbocycles. The summed E-state index contributed by atoms with van der Waals surface area (Å²) in [5, 5.41) is 8.73. The molecule has 2 rings (SSSR count). The molecule has 0 aliphatic rings. The topological polar surface area (TPSA) is 74.8 Å². The fourth-order valence-electron chi connectivity index (χ4n) is 2.44. The first-order valence-electron chi connectivity index (χ1n) is 9.18. The minimum absolute atomic E-state index is 0. The van der Waals surface area contributed by atoms with Crippen LogP contribution >= 0.6 is 24.0 Å². The summed E-state index contributed by atoms with van der Waals surface area (Å²) in [6, 6.07) is 15.8. The molecule has 0 bridgehead atoms. The molecule has 0 aliphatic heterocycles. The van der Waals surface area contributed by atoms with Gasteiger partial charge in [0, 0.05) is 19.3 Å². The van der Waals surface area contributed by atoms with Crippen molar-refractivity contribution in [3.63, 3.8) is 0 Å². The first-order chi connectivity index (χ1) is 13.6. The smallest absolute Gasteiger partial charge is 0.243 e. The minimum Gasteiger partial charge on any atom is -0.376 e. The van der Waals surface area contributed by atoms with Crippen LogP contribution in [0.5, 0.6) is 0 Å². The zero-order valence-electron chi connectivity index (χ0n) is 16.7. The van der Waals surface area contributed by atoms with Crippen LogP contribution in [0.2, 0.25) is 0 Å². The molecule has 0 saturated carbocycles. The Labute approximate surface area is 188 Å². The Bertz CT molecular complexity index is 774. The van der Waals surface area contributed by atoms with E-state index in [1.165, 1.54) is 12.1 Å². The molecule has 8 heteroatoms. The summed E-state index contributed by atoms with van der Waals surface area (Å²) in [7, 11) is 1.64. The number of hydrogen-bond acceptors (Lipinski definition) is 3. The van der Waals surface area contributed by atoms with E-state index in [4.69, 9.17) is 4.74 Å². The van der Waals surface area contributed by atoms with Crippen molar-refractivity contribution < 1.29 is 13.9 Å². The third-order valence-corrected chi connectivity index (χ3v) is 3.88. The van der Waals surface area contributed by atoms with Gasteiger partial charge in [0.05, 0.1) is 19.8 Å². The Morgan fingerprint density at radius 2 is 1.90 bits per heavy atom. The van der Waals surface area contributed by atoms with Crippen molar-refractivity contribution in [1.29, 1.82) is 0 Å². The van der Waals surface area contributed by atoms with E-state index in [2.05, 4.69) is 27.9 Å². The number of carbonyl (C=O) groups is 1. The van der Waals surface area contributed by atoms with Crippen LogP contribution in [0.15, 0.2) is 59.6 Å². The molecule has 2 aromatic carbocycles. The Balaban J connectivity index is 0.00000420. The number of rotatable bonds is 9. The minimum atomic E-state index is -0.397. The van der Waals surface area contributed by atoms with Gasteiger partial charge in [-0.3, -0.25) is 9.79 Å². The fourth-order valence-corrected chi connectivity index (χ4v) is 2.44. The van der Waals surface area contributed by atoms with Crippen LogP contribution in [-0.4, -0.2) is 38.6 Å². The highest BCUT2D eigenvalue weighted by Gasteiger charge is 2.07. The van der Waals surface area contributed by atoms with Crippen molar-refractivity contribution in [3.8, 4) is 0 Å². The SMILES string of the molecule is CN=C(NCC(=O)Nc1cccc(F)c1)NCC(C)COCc1ccccc1.I. The number of carbonyl (C=O) groups excluding carboxylic acids is 1. The largest absolute Gasteiger partial charge is 0.376 e. The molecule has 1 amide bonds. The van der Waals surface area contributed by atoms with Gasteiger partial charge in [-0.25, -0.2) is 4.39 Å². The molecule has 0 fully saturated rings. The summed E-state index contributed by atoms with van der Waals surface area (Å²) in [6.45, 7) is 3.94. The van der Waals surface area contributed by atoms with Gasteiger partial charge < -0.3 is 20.7 Å². The van der Waals surface area contributed by atoms with Crippen LogP contribution in [0.4, 0.5) is 10.1 Å². The van der Waals surface area contributed by atoms with E-state index in [0.29, 0.717) is 31.4 Å². The first-order valence-corrected chi connectivity index (χ1v) is 9.18. The van der Waals surface area contributed by atoms with E-state index in [0.717, 1.165) is 5.56 Å². The Kier molecular flexibility index (Phi) is 11.9. The molecule has 0 aromatic heterocycles. The highest BCUT2D eigenvalue weighted by atomic mass is 127. The van der Waals surface area contributed by atoms with Crippen LogP contribution in [0.3, 0.4) is 0 Å². The molecule has 6 nitrogen and oxygen atoms in total. The van der Waals surface area contributed by atoms with Gasteiger partial charge in [0.1, 0.15) is 5.82 Å². The van der Waals surface area contributed by atoms with Crippen molar-refractivity contribution in [3.05, 3.63) is 66.0 Å². The Morgan fingerprint density at radius 1 is 1.14 bits per heavy atom. The number of guanidine groups is 1. The number of hydrogen-bond donors (Lipinski definition) is 3. The molecule has 0 heterocycles. The number of anilines is 1. The Hall–Kier alpha value is -2.20. The second-order valence-corrected chi connectivity index (χ2v) is 6.47. The van der Waals surface area contributed by atoms with Crippen LogP contribution in [0, 0.1) is 11.7 Å². The molecule has 0 spiro atoms. The first kappa shape index (κ1) is 24.8. The summed E-state index contributed by atoms with van der Waals surface area (Å²) in [5.74, 6) is 0.104. The summed E-state index contributed by atoms with van der Waals surface area (Å²) in [4.78, 5) is 16.1. The Morgan fingerprint density at radius 3 is 2.59 bits per heavy atom. The highest BCUT2D eigenvalue weighted by Crippen LogP contribution is 2.08. The summed E-state index contributed by atoms with van der Waals surface area (Å²) >= 11 is 0. The molecule has 158 valence electrons. The molecular formula is C21H28FIN4O2. The van der Waals surface area contributed by atoms with Gasteiger partial charge in [0.2, 0.25) is 5.91 Å². The zero-order valence-corrected chi connectivity index (χ0v) is 19.0. The molecule has 2 aromatic rings. The fraction of sp³-hybridized carbons (Fsp3) is 0.333. The molecule has 0 radical (unpaired) electrons. The van der Waals surface area contributed by atoms with Gasteiger partial charge in [-0.1, -0.05) is 43.3 Å². The number of nitrogens with zero attached hydrogens (tertiary/aromatic N) is 1. The zero-order chi connectivity index (χ0) is 20.2. The van der Waals surface area contributed by atoms with Gasteiger partial charge in [-0.15, -0.1) is 24.0 Å². The van der Waals surface area contributed by atoms with E-state index < -0.39 is 5.82 Å². The maximum atomic E-state index is 13.1. The van der Waals surface area contributed by atoms with Crippen molar-refractivity contribution >= 4 is 41.5 Å². The van der Waals surface area contributed by atoms with Crippen molar-refractivity contribution in [2.75, 3.05) is 32.1 Å². The van der Waals surface area contributed by atoms with Gasteiger partial charge in [-0.2, -0.15) is 0 Å². The van der Waals surface area contributed by atoms with Crippen LogP contribution < -0.4 is 16.0 Å². The van der Waals surface area contributed by atoms with E-state index in [1.807, 2.05) is 30.3 Å². The molecule has 0 saturated heterocycles. The average Bonchev–Trinajstić information content (AvgIpc) is 2.69. The molecular weight excluding hydrogens is 486 g/mol. The normalized spacial score (nSPS) is 11.9. The number of benzene rings is 2. The van der Waals surface area contributed by atoms with Crippen LogP contribution in [0.25, 0.3) is 0 Å². The molecule has 1 atom stereocenters. The maximum absolute atomic E-state index is 13.1. The lowest BCUT2D eigenvalue weighted by Crippen LogP contribution is -2.43. The van der Waals surface area contributed by atoms with E-state index in [-0.39, 0.29) is 42.3 Å². The van der Waals surface area contributed by atoms with E-state index in [1.54, 1.807) is 19.2 Å². The van der Waals surface area contributed by atoms with E-state index in [9.17, 15) is 9.18 Å². The van der Waals surface area contributed by atoms with Crippen molar-refractivity contribution in [2.45, 2.75) is 13.5 Å². The summed E-state index contributed by atoms with van der Waals surface area (Å²) in [6.07, 6.45) is 0. The van der Waals surface area contributed by atoms with E-state index >= 15 is 0 Å². The number of aliphatic imine (C=N–C) groups is 1. The van der Waals surface area contributed by atoms with Gasteiger partial charge >= 0.3 is 0 Å². The standard InChI is InChI=1S/C21H27FN4O2.HI/c1-16(14-28-15-17-7-4-3-5-8-17)12-24-21(23-2)25-13-20(27)26-19-10-6-9-18(22)11-19;/h3-11,16H,12-15H2,1-2H3,(H,26,27)(H2,23,24,25);1H. The number of ether oxygens (including phenoxy) is 1. The third-order valence-electron chi connectivity index (χ3n) is 3.88. The third kappa shape index (κ3) is 10.2. The molecule has 29 heavy (non-hydrogen) atoms. The highest BCUT2D eigenvalue weighted by molar-refractivity contribution is 14.0. The summed E-state index contributed by atoms with van der Waals surface area (Å²) < 4.78 is 18.9. The number of nitrogens with one attached hydrogen (secondary N) is 3. The van der Waals surface area contributed by atoms with Gasteiger partial charge in [0.15, 0.2) is 5.96 Å². The van der Waals surface area contributed by atoms with Gasteiger partial charge in [0.25, 0.3) is 0 Å². The maximum Gasteiger partial charge on any atom is 0.243 e. The lowest BCUT2D eigenvalue weighted by molar-refractivity contribution is -0.115. The molecule has 3 N–H and O–H groups in total. The molecule has 1 unspecified atom stereocenters. The second-order valence-electron chi connectivity index (χ2n) is 6.47. The monoisotopic (exact) mass is 514 g/mol. The lowest BCUT2D eigenvalue weighted by atomic mass is 10.2. The lowest BCUT2D eigenvalue weighted by Gasteiger charge is -2.16. The average molecular weight is 514 g/mol. The predicted octanol–water partition coefficient (Wildman–Crippen LogP) is 3.40. The van der Waals surface area contributed by atoms with Crippen molar-refractivity contribution in [1.82, 2.24) is 10.6 Å². The van der Waals surface area contributed by atoms with Gasteiger partial charge in [-0.05, 0) is 29.7 Å². The predicted molar refractivity (Wildman–Crippen MR) is 125 cm³/mol. The van der Waals surface area contributed by atoms with Crippen LogP contribution in [-0.2, 0) is 16.1 Å². The van der Waals surface area contributed by atoms with Crippen molar-refractivity contribution in [2.24, 2.45) is 10.9 Å². The van der Waals surface area contributed by atoms with Crippen LogP contribution in [0.1, 0.15) is 12.5 Å².